The van der Waals surface area contributed by atoms with Gasteiger partial charge in [-0.25, -0.2) is 15.0 Å². The fourth-order valence-corrected chi connectivity index (χ4v) is 3.38. The van der Waals surface area contributed by atoms with Crippen molar-refractivity contribution in [1.29, 1.82) is 0 Å². The Kier molecular flexibility index (Phi) is 3.66. The molecule has 4 heterocycles. The molecule has 0 aliphatic carbocycles. The second-order valence-corrected chi connectivity index (χ2v) is 6.51. The van der Waals surface area contributed by atoms with E-state index in [0.29, 0.717) is 34.4 Å². The molecule has 1 fully saturated rings. The lowest BCUT2D eigenvalue weighted by Crippen LogP contribution is -2.49. The highest BCUT2D eigenvalue weighted by Crippen LogP contribution is 2.29. The number of carbonyl (C=O) groups excluding carboxylic acids is 1. The number of anilines is 1. The van der Waals surface area contributed by atoms with Gasteiger partial charge in [0, 0.05) is 24.8 Å². The third-order valence-electron chi connectivity index (χ3n) is 3.77. The molecule has 1 aliphatic rings. The van der Waals surface area contributed by atoms with E-state index in [0.717, 1.165) is 12.1 Å². The van der Waals surface area contributed by atoms with Crippen LogP contribution in [-0.2, 0) is 4.79 Å². The van der Waals surface area contributed by atoms with Crippen molar-refractivity contribution in [2.75, 3.05) is 31.6 Å². The first-order valence-corrected chi connectivity index (χ1v) is 8.16. The molecule has 0 aromatic carbocycles. The standard InChI is InChI=1S/C15H13FN6OS/c1-21-4-5-22(12(23)8-21)15-18-7-10-14(20-15)24-13(19-10)9-2-3-11(16)17-6-9/h2-3,6-7H,4-5,8H2,1H3. The van der Waals surface area contributed by atoms with Crippen LogP contribution in [0.2, 0.25) is 0 Å². The summed E-state index contributed by atoms with van der Waals surface area (Å²) in [5, 5.41) is 0.689. The van der Waals surface area contributed by atoms with Gasteiger partial charge in [0.05, 0.1) is 12.7 Å². The Labute approximate surface area is 140 Å². The van der Waals surface area contributed by atoms with Crippen molar-refractivity contribution in [3.63, 3.8) is 0 Å². The highest BCUT2D eigenvalue weighted by molar-refractivity contribution is 7.21. The molecule has 0 atom stereocenters. The van der Waals surface area contributed by atoms with Crippen molar-refractivity contribution in [3.05, 3.63) is 30.5 Å². The van der Waals surface area contributed by atoms with Gasteiger partial charge in [-0.3, -0.25) is 14.6 Å². The Balaban J connectivity index is 1.68. The summed E-state index contributed by atoms with van der Waals surface area (Å²) in [6.45, 7) is 1.70. The molecule has 9 heteroatoms. The fraction of sp³-hybridized carbons (Fsp3) is 0.267. The van der Waals surface area contributed by atoms with Gasteiger partial charge in [-0.2, -0.15) is 9.37 Å². The number of hydrogen-bond acceptors (Lipinski definition) is 7. The number of thiazole rings is 1. The Bertz CT molecular complexity index is 912. The summed E-state index contributed by atoms with van der Waals surface area (Å²) in [5.41, 5.74) is 1.36. The molecule has 1 aliphatic heterocycles. The van der Waals surface area contributed by atoms with Crippen molar-refractivity contribution >= 4 is 33.5 Å². The second kappa shape index (κ2) is 5.84. The van der Waals surface area contributed by atoms with Gasteiger partial charge in [0.1, 0.15) is 15.4 Å². The zero-order valence-corrected chi connectivity index (χ0v) is 13.6. The molecule has 24 heavy (non-hydrogen) atoms. The van der Waals surface area contributed by atoms with Crippen LogP contribution in [0.1, 0.15) is 0 Å². The molecule has 0 unspecified atom stereocenters. The van der Waals surface area contributed by atoms with E-state index in [4.69, 9.17) is 0 Å². The van der Waals surface area contributed by atoms with E-state index in [9.17, 15) is 9.18 Å². The number of fused-ring (bicyclic) bond motifs is 1. The van der Waals surface area contributed by atoms with Crippen LogP contribution in [0.5, 0.6) is 0 Å². The molecule has 0 spiro atoms. The molecule has 1 saturated heterocycles. The molecule has 4 rings (SSSR count). The molecule has 0 N–H and O–H groups in total. The van der Waals surface area contributed by atoms with E-state index >= 15 is 0 Å². The summed E-state index contributed by atoms with van der Waals surface area (Å²) in [4.78, 5) is 33.2. The van der Waals surface area contributed by atoms with Gasteiger partial charge in [0.15, 0.2) is 0 Å². The first-order valence-electron chi connectivity index (χ1n) is 7.34. The molecule has 122 valence electrons. The van der Waals surface area contributed by atoms with Crippen LogP contribution in [0, 0.1) is 5.95 Å². The number of pyridine rings is 1. The van der Waals surface area contributed by atoms with Gasteiger partial charge in [0.2, 0.25) is 17.8 Å². The zero-order valence-electron chi connectivity index (χ0n) is 12.8. The van der Waals surface area contributed by atoms with Crippen LogP contribution in [0.4, 0.5) is 10.3 Å². The minimum atomic E-state index is -0.532. The largest absolute Gasteiger partial charge is 0.296 e. The third-order valence-corrected chi connectivity index (χ3v) is 4.78. The van der Waals surface area contributed by atoms with E-state index < -0.39 is 5.95 Å². The Morgan fingerprint density at radius 3 is 2.79 bits per heavy atom. The number of aromatic nitrogens is 4. The SMILES string of the molecule is CN1CCN(c2ncc3nc(-c4ccc(F)nc4)sc3n2)C(=O)C1. The summed E-state index contributed by atoms with van der Waals surface area (Å²) in [6, 6.07) is 2.92. The summed E-state index contributed by atoms with van der Waals surface area (Å²) >= 11 is 1.36. The molecular weight excluding hydrogens is 331 g/mol. The van der Waals surface area contributed by atoms with E-state index in [1.54, 1.807) is 17.2 Å². The van der Waals surface area contributed by atoms with Crippen LogP contribution < -0.4 is 4.90 Å². The first kappa shape index (κ1) is 15.0. The number of amides is 1. The number of rotatable bonds is 2. The lowest BCUT2D eigenvalue weighted by atomic mass is 10.3. The van der Waals surface area contributed by atoms with Gasteiger partial charge in [-0.05, 0) is 19.2 Å². The van der Waals surface area contributed by atoms with Crippen molar-refractivity contribution < 1.29 is 9.18 Å². The summed E-state index contributed by atoms with van der Waals surface area (Å²) in [7, 11) is 1.91. The van der Waals surface area contributed by atoms with Crippen molar-refractivity contribution in [2.24, 2.45) is 0 Å². The maximum atomic E-state index is 12.9. The van der Waals surface area contributed by atoms with Crippen LogP contribution in [0.25, 0.3) is 20.9 Å². The van der Waals surface area contributed by atoms with Gasteiger partial charge in [0.25, 0.3) is 0 Å². The molecular formula is C15H13FN6OS. The van der Waals surface area contributed by atoms with Gasteiger partial charge in [-0.1, -0.05) is 11.3 Å². The minimum Gasteiger partial charge on any atom is -0.296 e. The molecule has 0 saturated carbocycles. The quantitative estimate of drug-likeness (QED) is 0.657. The van der Waals surface area contributed by atoms with Crippen LogP contribution in [-0.4, -0.2) is 57.4 Å². The van der Waals surface area contributed by atoms with Crippen molar-refractivity contribution in [3.8, 4) is 10.6 Å². The Morgan fingerprint density at radius 1 is 1.17 bits per heavy atom. The number of nitrogens with zero attached hydrogens (tertiary/aromatic N) is 6. The maximum absolute atomic E-state index is 12.9. The number of carbonyl (C=O) groups is 1. The minimum absolute atomic E-state index is 0.0180. The topological polar surface area (TPSA) is 75.1 Å². The van der Waals surface area contributed by atoms with Crippen LogP contribution in [0.3, 0.4) is 0 Å². The van der Waals surface area contributed by atoms with E-state index in [2.05, 4.69) is 19.9 Å². The predicted molar refractivity (Wildman–Crippen MR) is 88.2 cm³/mol. The van der Waals surface area contributed by atoms with Gasteiger partial charge >= 0.3 is 0 Å². The Morgan fingerprint density at radius 2 is 2.04 bits per heavy atom. The highest BCUT2D eigenvalue weighted by Gasteiger charge is 2.25. The molecule has 0 bridgehead atoms. The smallest absolute Gasteiger partial charge is 0.243 e. The second-order valence-electron chi connectivity index (χ2n) is 5.53. The molecule has 0 radical (unpaired) electrons. The molecule has 7 nitrogen and oxygen atoms in total. The lowest BCUT2D eigenvalue weighted by Gasteiger charge is -2.30. The number of halogens is 1. The number of piperazine rings is 1. The lowest BCUT2D eigenvalue weighted by molar-refractivity contribution is -0.120. The van der Waals surface area contributed by atoms with Crippen molar-refractivity contribution in [1.82, 2.24) is 24.8 Å². The van der Waals surface area contributed by atoms with Gasteiger partial charge in [-0.15, -0.1) is 0 Å². The number of hydrogen-bond donors (Lipinski definition) is 0. The van der Waals surface area contributed by atoms with Crippen LogP contribution in [0.15, 0.2) is 24.5 Å². The normalized spacial score (nSPS) is 16.1. The number of likely N-dealkylation sites (N-methyl/N-ethyl adjacent to an activating group) is 1. The zero-order chi connectivity index (χ0) is 16.7. The summed E-state index contributed by atoms with van der Waals surface area (Å²) in [5.74, 6) is -0.154. The monoisotopic (exact) mass is 344 g/mol. The average Bonchev–Trinajstić information content (AvgIpc) is 2.98. The Hall–Kier alpha value is -2.52. The predicted octanol–water partition coefficient (Wildman–Crippen LogP) is 1.57. The fourth-order valence-electron chi connectivity index (χ4n) is 2.48. The van der Waals surface area contributed by atoms with E-state index in [1.807, 2.05) is 11.9 Å². The van der Waals surface area contributed by atoms with E-state index in [-0.39, 0.29) is 5.91 Å². The van der Waals surface area contributed by atoms with Crippen LogP contribution >= 0.6 is 11.3 Å². The first-order chi connectivity index (χ1) is 11.6. The molecule has 1 amide bonds. The summed E-state index contributed by atoms with van der Waals surface area (Å²) in [6.07, 6.45) is 3.05. The highest BCUT2D eigenvalue weighted by atomic mass is 32.1. The maximum Gasteiger partial charge on any atom is 0.243 e. The average molecular weight is 344 g/mol. The summed E-state index contributed by atoms with van der Waals surface area (Å²) < 4.78 is 12.9. The molecule has 3 aromatic rings. The van der Waals surface area contributed by atoms with Gasteiger partial charge < -0.3 is 0 Å². The van der Waals surface area contributed by atoms with E-state index in [1.165, 1.54) is 23.6 Å². The third kappa shape index (κ3) is 2.72. The molecule has 3 aromatic heterocycles. The van der Waals surface area contributed by atoms with Crippen molar-refractivity contribution in [2.45, 2.75) is 0 Å².